The van der Waals surface area contributed by atoms with E-state index in [-0.39, 0.29) is 6.54 Å². The maximum Gasteiger partial charge on any atom is 0.304 e. The molecule has 0 spiro atoms. The van der Waals surface area contributed by atoms with E-state index in [1.165, 1.54) is 0 Å². The van der Waals surface area contributed by atoms with Crippen molar-refractivity contribution in [2.45, 2.75) is 6.92 Å². The number of likely N-dealkylation sites (N-methyl/N-ethyl adjacent to an activating group) is 1. The van der Waals surface area contributed by atoms with Gasteiger partial charge in [0.1, 0.15) is 0 Å². The minimum absolute atomic E-state index is 0.0428. The fraction of sp³-hybridized carbons (Fsp3) is 0.750. The summed E-state index contributed by atoms with van der Waals surface area (Å²) < 4.78 is 24.5. The van der Waals surface area contributed by atoms with Crippen LogP contribution >= 0.6 is 0 Å². The maximum absolute atomic E-state index is 10.8. The van der Waals surface area contributed by atoms with Gasteiger partial charge in [-0.2, -0.15) is 12.7 Å². The molecule has 0 aromatic rings. The molecular formula is C4H8N2O3S. The number of nitrogens with one attached hydrogen (secondary N) is 1. The Balaban J connectivity index is 2.88. The third-order valence-corrected chi connectivity index (χ3v) is 2.81. The summed E-state index contributed by atoms with van der Waals surface area (Å²) in [6.45, 7) is 1.97. The second-order valence-electron chi connectivity index (χ2n) is 1.96. The van der Waals surface area contributed by atoms with Gasteiger partial charge in [-0.05, 0) is 0 Å². The van der Waals surface area contributed by atoms with Crippen LogP contribution in [0.4, 0.5) is 0 Å². The molecule has 0 saturated carbocycles. The molecule has 1 amide bonds. The van der Waals surface area contributed by atoms with E-state index in [4.69, 9.17) is 0 Å². The summed E-state index contributed by atoms with van der Waals surface area (Å²) in [4.78, 5) is 10.5. The first-order valence-corrected chi connectivity index (χ1v) is 4.31. The second-order valence-corrected chi connectivity index (χ2v) is 3.63. The molecule has 10 heavy (non-hydrogen) atoms. The first-order chi connectivity index (χ1) is 4.56. The molecule has 0 unspecified atom stereocenters. The summed E-state index contributed by atoms with van der Waals surface area (Å²) in [7, 11) is -3.45. The molecule has 1 aliphatic heterocycles. The number of carbonyl (C=O) groups excluding carboxylic acids is 1. The van der Waals surface area contributed by atoms with Crippen molar-refractivity contribution < 1.29 is 13.2 Å². The Labute approximate surface area is 59.2 Å². The van der Waals surface area contributed by atoms with Gasteiger partial charge in [-0.3, -0.25) is 4.79 Å². The molecule has 5 nitrogen and oxygen atoms in total. The molecule has 1 heterocycles. The highest BCUT2D eigenvalue weighted by atomic mass is 32.2. The molecule has 1 fully saturated rings. The van der Waals surface area contributed by atoms with Crippen LogP contribution in [-0.4, -0.2) is 31.7 Å². The van der Waals surface area contributed by atoms with Gasteiger partial charge in [0, 0.05) is 6.54 Å². The lowest BCUT2D eigenvalue weighted by molar-refractivity contribution is -0.118. The highest BCUT2D eigenvalue weighted by Gasteiger charge is 2.31. The molecule has 0 aromatic heterocycles. The molecule has 1 aliphatic rings. The van der Waals surface area contributed by atoms with Gasteiger partial charge in [-0.15, -0.1) is 0 Å². The number of rotatable bonds is 1. The minimum atomic E-state index is -3.45. The van der Waals surface area contributed by atoms with Crippen molar-refractivity contribution in [2.75, 3.05) is 13.1 Å². The molecule has 0 radical (unpaired) electrons. The number of hydrogen-bond donors (Lipinski definition) is 1. The monoisotopic (exact) mass is 164 g/mol. The number of nitrogens with zero attached hydrogens (tertiary/aromatic N) is 1. The zero-order valence-corrected chi connectivity index (χ0v) is 6.31. The van der Waals surface area contributed by atoms with E-state index in [2.05, 4.69) is 0 Å². The smallest absolute Gasteiger partial charge is 0.272 e. The average Bonchev–Trinajstić information content (AvgIpc) is 2.04. The molecule has 0 atom stereocenters. The first kappa shape index (κ1) is 7.49. The number of carbonyl (C=O) groups is 1. The quantitative estimate of drug-likeness (QED) is 0.523. The Morgan fingerprint density at radius 1 is 1.70 bits per heavy atom. The fourth-order valence-corrected chi connectivity index (χ4v) is 1.88. The summed E-state index contributed by atoms with van der Waals surface area (Å²) in [5.74, 6) is -0.457. The van der Waals surface area contributed by atoms with Gasteiger partial charge >= 0.3 is 10.2 Å². The van der Waals surface area contributed by atoms with Gasteiger partial charge in [0.2, 0.25) is 5.91 Å². The Morgan fingerprint density at radius 2 is 2.30 bits per heavy atom. The van der Waals surface area contributed by atoms with Gasteiger partial charge in [-0.25, -0.2) is 4.72 Å². The predicted molar refractivity (Wildman–Crippen MR) is 34.3 cm³/mol. The van der Waals surface area contributed by atoms with Gasteiger partial charge < -0.3 is 0 Å². The minimum Gasteiger partial charge on any atom is -0.272 e. The highest BCUT2D eigenvalue weighted by molar-refractivity contribution is 7.88. The third-order valence-electron chi connectivity index (χ3n) is 1.26. The van der Waals surface area contributed by atoms with E-state index in [1.54, 1.807) is 6.92 Å². The van der Waals surface area contributed by atoms with Crippen LogP contribution in [0.2, 0.25) is 0 Å². The average molecular weight is 164 g/mol. The van der Waals surface area contributed by atoms with Crippen molar-refractivity contribution in [3.63, 3.8) is 0 Å². The molecule has 1 saturated heterocycles. The topological polar surface area (TPSA) is 66.5 Å². The van der Waals surface area contributed by atoms with Gasteiger partial charge in [0.05, 0.1) is 6.54 Å². The second kappa shape index (κ2) is 2.21. The summed E-state index contributed by atoms with van der Waals surface area (Å²) in [6.07, 6.45) is 0. The lowest BCUT2D eigenvalue weighted by Gasteiger charge is -2.06. The zero-order valence-electron chi connectivity index (χ0n) is 5.49. The van der Waals surface area contributed by atoms with Crippen molar-refractivity contribution >= 4 is 16.1 Å². The Bertz CT molecular complexity index is 245. The summed E-state index contributed by atoms with van der Waals surface area (Å²) in [5.41, 5.74) is 0. The van der Waals surface area contributed by atoms with Crippen LogP contribution in [0, 0.1) is 0 Å². The van der Waals surface area contributed by atoms with Crippen molar-refractivity contribution in [3.8, 4) is 0 Å². The van der Waals surface area contributed by atoms with E-state index in [9.17, 15) is 13.2 Å². The zero-order chi connectivity index (χ0) is 7.78. The molecular weight excluding hydrogens is 156 g/mol. The van der Waals surface area contributed by atoms with Gasteiger partial charge in [-0.1, -0.05) is 6.92 Å². The van der Waals surface area contributed by atoms with Crippen molar-refractivity contribution in [1.82, 2.24) is 9.03 Å². The van der Waals surface area contributed by atoms with Crippen LogP contribution in [0.15, 0.2) is 0 Å². The van der Waals surface area contributed by atoms with Crippen LogP contribution in [0.1, 0.15) is 6.92 Å². The number of hydrogen-bond acceptors (Lipinski definition) is 3. The first-order valence-electron chi connectivity index (χ1n) is 2.87. The van der Waals surface area contributed by atoms with Crippen molar-refractivity contribution in [3.05, 3.63) is 0 Å². The highest BCUT2D eigenvalue weighted by Crippen LogP contribution is 2.03. The van der Waals surface area contributed by atoms with Crippen LogP contribution in [-0.2, 0) is 15.0 Å². The molecule has 0 bridgehead atoms. The maximum atomic E-state index is 10.8. The van der Waals surface area contributed by atoms with Crippen LogP contribution in [0.5, 0.6) is 0 Å². The van der Waals surface area contributed by atoms with Crippen LogP contribution in [0.3, 0.4) is 0 Å². The fourth-order valence-electron chi connectivity index (χ4n) is 0.768. The van der Waals surface area contributed by atoms with Crippen molar-refractivity contribution in [1.29, 1.82) is 0 Å². The molecule has 0 aliphatic carbocycles. The molecule has 58 valence electrons. The molecule has 6 heteroatoms. The number of amides is 1. The summed E-state index contributed by atoms with van der Waals surface area (Å²) in [5, 5.41) is 0. The van der Waals surface area contributed by atoms with E-state index in [0.717, 1.165) is 4.31 Å². The lowest BCUT2D eigenvalue weighted by Crippen LogP contribution is -2.29. The van der Waals surface area contributed by atoms with E-state index in [1.807, 2.05) is 4.72 Å². The predicted octanol–water partition coefficient (Wildman–Crippen LogP) is -1.32. The van der Waals surface area contributed by atoms with Gasteiger partial charge in [0.25, 0.3) is 0 Å². The molecule has 1 N–H and O–H groups in total. The van der Waals surface area contributed by atoms with Crippen LogP contribution in [0.25, 0.3) is 0 Å². The van der Waals surface area contributed by atoms with E-state index in [0.29, 0.717) is 6.54 Å². The SMILES string of the molecule is CCN1CC(=O)NS1(=O)=O. The Hall–Kier alpha value is -0.620. The van der Waals surface area contributed by atoms with Crippen LogP contribution < -0.4 is 4.72 Å². The summed E-state index contributed by atoms with van der Waals surface area (Å²) in [6, 6.07) is 0. The van der Waals surface area contributed by atoms with E-state index < -0.39 is 16.1 Å². The van der Waals surface area contributed by atoms with E-state index >= 15 is 0 Å². The van der Waals surface area contributed by atoms with Gasteiger partial charge in [0.15, 0.2) is 0 Å². The Morgan fingerprint density at radius 3 is 2.50 bits per heavy atom. The molecule has 0 aromatic carbocycles. The standard InChI is InChI=1S/C4H8N2O3S/c1-2-6-3-4(7)5-10(6,8)9/h2-3H2,1H3,(H,5,7). The normalized spacial score (nSPS) is 24.7. The largest absolute Gasteiger partial charge is 0.304 e. The lowest BCUT2D eigenvalue weighted by atomic mass is 10.6. The summed E-state index contributed by atoms with van der Waals surface area (Å²) >= 11 is 0. The Kier molecular flexibility index (Phi) is 1.65. The molecule has 1 rings (SSSR count). The van der Waals surface area contributed by atoms with Crippen molar-refractivity contribution in [2.24, 2.45) is 0 Å². The third kappa shape index (κ3) is 1.12.